The number of hydrogen-bond donors (Lipinski definition) is 1. The number of nitrogens with zero attached hydrogens (tertiary/aromatic N) is 1. The summed E-state index contributed by atoms with van der Waals surface area (Å²) in [6, 6.07) is -0.0509. The van der Waals surface area contributed by atoms with Gasteiger partial charge in [0.15, 0.2) is 0 Å². The van der Waals surface area contributed by atoms with E-state index >= 15 is 0 Å². The lowest BCUT2D eigenvalue weighted by molar-refractivity contribution is -0.135. The number of hydrogen-bond acceptors (Lipinski definition) is 3. The molecule has 1 N–H and O–H groups in total. The van der Waals surface area contributed by atoms with E-state index in [9.17, 15) is 4.79 Å². The molecule has 1 heterocycles. The van der Waals surface area contributed by atoms with Crippen molar-refractivity contribution in [1.82, 2.24) is 10.2 Å². The molecule has 1 rings (SSSR count). The number of amides is 1. The SMILES string of the molecule is CCC(C)C1NC(C(C)C)N(CC(C)(C)OC)C1=O. The van der Waals surface area contributed by atoms with Crippen molar-refractivity contribution in [3.63, 3.8) is 0 Å². The summed E-state index contributed by atoms with van der Waals surface area (Å²) in [6.45, 7) is 13.2. The largest absolute Gasteiger partial charge is 0.377 e. The minimum Gasteiger partial charge on any atom is -0.377 e. The summed E-state index contributed by atoms with van der Waals surface area (Å²) in [6.07, 6.45) is 1.12. The van der Waals surface area contributed by atoms with Crippen molar-refractivity contribution in [3.8, 4) is 0 Å². The van der Waals surface area contributed by atoms with E-state index in [2.05, 4.69) is 33.0 Å². The molecule has 1 saturated heterocycles. The first-order chi connectivity index (χ1) is 8.73. The Hall–Kier alpha value is -0.610. The van der Waals surface area contributed by atoms with E-state index in [0.29, 0.717) is 18.4 Å². The van der Waals surface area contributed by atoms with E-state index in [1.54, 1.807) is 7.11 Å². The van der Waals surface area contributed by atoms with Crippen LogP contribution in [0.2, 0.25) is 0 Å². The zero-order valence-electron chi connectivity index (χ0n) is 13.5. The Morgan fingerprint density at radius 2 is 1.95 bits per heavy atom. The molecule has 112 valence electrons. The van der Waals surface area contributed by atoms with E-state index in [4.69, 9.17) is 4.74 Å². The third-order valence-electron chi connectivity index (χ3n) is 4.18. The number of nitrogens with one attached hydrogen (secondary N) is 1. The lowest BCUT2D eigenvalue weighted by Crippen LogP contribution is -2.48. The van der Waals surface area contributed by atoms with Crippen molar-refractivity contribution in [1.29, 1.82) is 0 Å². The maximum absolute atomic E-state index is 12.6. The highest BCUT2D eigenvalue weighted by molar-refractivity contribution is 5.84. The Morgan fingerprint density at radius 3 is 2.37 bits per heavy atom. The van der Waals surface area contributed by atoms with Crippen LogP contribution in [0.4, 0.5) is 0 Å². The van der Waals surface area contributed by atoms with E-state index in [1.165, 1.54) is 0 Å². The van der Waals surface area contributed by atoms with Crippen molar-refractivity contribution in [3.05, 3.63) is 0 Å². The molecule has 1 fully saturated rings. The molecule has 1 aliphatic heterocycles. The maximum Gasteiger partial charge on any atom is 0.241 e. The van der Waals surface area contributed by atoms with Crippen molar-refractivity contribution >= 4 is 5.91 Å². The Labute approximate surface area is 117 Å². The normalized spacial score (nSPS) is 26.3. The van der Waals surface area contributed by atoms with Gasteiger partial charge in [0.25, 0.3) is 0 Å². The van der Waals surface area contributed by atoms with Gasteiger partial charge in [-0.1, -0.05) is 34.1 Å². The topological polar surface area (TPSA) is 41.6 Å². The minimum absolute atomic E-state index is 0.0509. The average molecular weight is 270 g/mol. The second-order valence-electron chi connectivity index (χ2n) is 6.65. The standard InChI is InChI=1S/C15H30N2O2/c1-8-11(4)12-14(18)17(9-15(5,6)19-7)13(16-12)10(2)3/h10-13,16H,8-9H2,1-7H3. The third-order valence-corrected chi connectivity index (χ3v) is 4.18. The summed E-state index contributed by atoms with van der Waals surface area (Å²) >= 11 is 0. The highest BCUT2D eigenvalue weighted by Gasteiger charge is 2.43. The molecule has 0 aromatic carbocycles. The smallest absolute Gasteiger partial charge is 0.241 e. The maximum atomic E-state index is 12.6. The minimum atomic E-state index is -0.311. The van der Waals surface area contributed by atoms with Gasteiger partial charge in [-0.25, -0.2) is 0 Å². The molecule has 0 radical (unpaired) electrons. The second kappa shape index (κ2) is 6.23. The van der Waals surface area contributed by atoms with Crippen LogP contribution in [0.5, 0.6) is 0 Å². The predicted molar refractivity (Wildman–Crippen MR) is 77.8 cm³/mol. The van der Waals surface area contributed by atoms with Crippen LogP contribution in [0.3, 0.4) is 0 Å². The van der Waals surface area contributed by atoms with Crippen molar-refractivity contribution in [2.24, 2.45) is 11.8 Å². The highest BCUT2D eigenvalue weighted by atomic mass is 16.5. The summed E-state index contributed by atoms with van der Waals surface area (Å²) in [4.78, 5) is 14.6. The fourth-order valence-electron chi connectivity index (χ4n) is 2.51. The van der Waals surface area contributed by atoms with Crippen molar-refractivity contribution in [2.75, 3.05) is 13.7 Å². The van der Waals surface area contributed by atoms with E-state index < -0.39 is 0 Å². The number of rotatable bonds is 6. The first-order valence-corrected chi connectivity index (χ1v) is 7.35. The molecule has 19 heavy (non-hydrogen) atoms. The first-order valence-electron chi connectivity index (χ1n) is 7.35. The summed E-state index contributed by atoms with van der Waals surface area (Å²) in [5.41, 5.74) is -0.311. The quantitative estimate of drug-likeness (QED) is 0.805. The van der Waals surface area contributed by atoms with E-state index in [0.717, 1.165) is 6.42 Å². The molecule has 1 aliphatic rings. The highest BCUT2D eigenvalue weighted by Crippen LogP contribution is 2.25. The van der Waals surface area contributed by atoms with Gasteiger partial charge in [-0.15, -0.1) is 0 Å². The van der Waals surface area contributed by atoms with Crippen LogP contribution in [0.1, 0.15) is 48.0 Å². The Balaban J connectivity index is 2.89. The lowest BCUT2D eigenvalue weighted by Gasteiger charge is -2.34. The number of carbonyl (C=O) groups is 1. The number of carbonyl (C=O) groups excluding carboxylic acids is 1. The van der Waals surface area contributed by atoms with Gasteiger partial charge in [0.05, 0.1) is 24.4 Å². The van der Waals surface area contributed by atoms with Crippen LogP contribution in [-0.2, 0) is 9.53 Å². The molecule has 0 saturated carbocycles. The van der Waals surface area contributed by atoms with Gasteiger partial charge in [-0.2, -0.15) is 0 Å². The Morgan fingerprint density at radius 1 is 1.37 bits per heavy atom. The molecule has 4 nitrogen and oxygen atoms in total. The van der Waals surface area contributed by atoms with Crippen LogP contribution < -0.4 is 5.32 Å². The molecular formula is C15H30N2O2. The fraction of sp³-hybridized carbons (Fsp3) is 0.933. The number of ether oxygens (including phenoxy) is 1. The van der Waals surface area contributed by atoms with E-state index in [1.807, 2.05) is 18.7 Å². The monoisotopic (exact) mass is 270 g/mol. The predicted octanol–water partition coefficient (Wildman–Crippen LogP) is 2.24. The van der Waals surface area contributed by atoms with Gasteiger partial charge < -0.3 is 9.64 Å². The molecule has 0 aromatic heterocycles. The van der Waals surface area contributed by atoms with Crippen molar-refractivity contribution in [2.45, 2.75) is 65.8 Å². The number of methoxy groups -OCH3 is 1. The van der Waals surface area contributed by atoms with Gasteiger partial charge in [-0.3, -0.25) is 10.1 Å². The Kier molecular flexibility index (Phi) is 5.39. The Bertz CT molecular complexity index is 315. The van der Waals surface area contributed by atoms with Crippen LogP contribution in [-0.4, -0.2) is 42.3 Å². The molecule has 0 spiro atoms. The summed E-state index contributed by atoms with van der Waals surface area (Å²) in [5, 5.41) is 3.51. The van der Waals surface area contributed by atoms with E-state index in [-0.39, 0.29) is 23.7 Å². The lowest BCUT2D eigenvalue weighted by atomic mass is 9.99. The van der Waals surface area contributed by atoms with Gasteiger partial charge in [-0.05, 0) is 25.7 Å². The van der Waals surface area contributed by atoms with Gasteiger partial charge >= 0.3 is 0 Å². The first kappa shape index (κ1) is 16.4. The fourth-order valence-corrected chi connectivity index (χ4v) is 2.51. The third kappa shape index (κ3) is 3.69. The molecular weight excluding hydrogens is 240 g/mol. The molecule has 4 heteroatoms. The average Bonchev–Trinajstić information content (AvgIpc) is 2.66. The molecule has 3 atom stereocenters. The van der Waals surface area contributed by atoms with Gasteiger partial charge in [0.1, 0.15) is 0 Å². The van der Waals surface area contributed by atoms with Crippen LogP contribution in [0, 0.1) is 11.8 Å². The molecule has 3 unspecified atom stereocenters. The van der Waals surface area contributed by atoms with Crippen LogP contribution in [0.15, 0.2) is 0 Å². The zero-order chi connectivity index (χ0) is 14.8. The summed E-state index contributed by atoms with van der Waals surface area (Å²) in [5.74, 6) is 0.980. The molecule has 0 aliphatic carbocycles. The summed E-state index contributed by atoms with van der Waals surface area (Å²) < 4.78 is 5.48. The zero-order valence-corrected chi connectivity index (χ0v) is 13.5. The second-order valence-corrected chi connectivity index (χ2v) is 6.65. The van der Waals surface area contributed by atoms with Crippen LogP contribution >= 0.6 is 0 Å². The summed E-state index contributed by atoms with van der Waals surface area (Å²) in [7, 11) is 1.70. The molecule has 0 aromatic rings. The van der Waals surface area contributed by atoms with Crippen LogP contribution in [0.25, 0.3) is 0 Å². The molecule has 1 amide bonds. The van der Waals surface area contributed by atoms with Gasteiger partial charge in [0, 0.05) is 7.11 Å². The van der Waals surface area contributed by atoms with Crippen molar-refractivity contribution < 1.29 is 9.53 Å². The van der Waals surface area contributed by atoms with Gasteiger partial charge in [0.2, 0.25) is 5.91 Å². The molecule has 0 bridgehead atoms.